The number of nitrogens with zero attached hydrogens (tertiary/aromatic N) is 1. The van der Waals surface area contributed by atoms with E-state index in [1.165, 1.54) is 11.1 Å². The van der Waals surface area contributed by atoms with Crippen molar-refractivity contribution in [2.24, 2.45) is 17.3 Å². The van der Waals surface area contributed by atoms with Crippen LogP contribution in [0.3, 0.4) is 0 Å². The van der Waals surface area contributed by atoms with Crippen molar-refractivity contribution in [2.45, 2.75) is 58.3 Å². The maximum absolute atomic E-state index is 13.0. The molecule has 4 heteroatoms. The third-order valence-electron chi connectivity index (χ3n) is 9.03. The summed E-state index contributed by atoms with van der Waals surface area (Å²) in [5, 5.41) is 0. The van der Waals surface area contributed by atoms with Crippen molar-refractivity contribution in [3.63, 3.8) is 0 Å². The summed E-state index contributed by atoms with van der Waals surface area (Å²) in [7, 11) is 0. The lowest BCUT2D eigenvalue weighted by atomic mass is 9.55. The Morgan fingerprint density at radius 3 is 2.74 bits per heavy atom. The van der Waals surface area contributed by atoms with Gasteiger partial charge in [0.2, 0.25) is 0 Å². The second-order valence-corrected chi connectivity index (χ2v) is 10.8. The SMILES string of the molecule is Cc1ccc(C(=O)Oc2ccc3c(c2)CCC2C3CCC3(C)C(=O)CCC23)cc1-c1ccccn1. The highest BCUT2D eigenvalue weighted by molar-refractivity contribution is 5.93. The molecular formula is C31H31NO3. The zero-order chi connectivity index (χ0) is 24.2. The molecule has 0 radical (unpaired) electrons. The molecule has 3 aromatic rings. The van der Waals surface area contributed by atoms with Gasteiger partial charge in [-0.2, -0.15) is 0 Å². The second-order valence-electron chi connectivity index (χ2n) is 10.8. The van der Waals surface area contributed by atoms with E-state index in [-0.39, 0.29) is 11.4 Å². The Labute approximate surface area is 206 Å². The van der Waals surface area contributed by atoms with Gasteiger partial charge in [-0.15, -0.1) is 0 Å². The number of esters is 1. The molecule has 0 amide bonds. The van der Waals surface area contributed by atoms with Crippen LogP contribution >= 0.6 is 0 Å². The van der Waals surface area contributed by atoms with Gasteiger partial charge in [-0.1, -0.05) is 25.1 Å². The molecule has 2 fully saturated rings. The molecule has 6 rings (SSSR count). The van der Waals surface area contributed by atoms with E-state index in [1.807, 2.05) is 49.4 Å². The van der Waals surface area contributed by atoms with Crippen LogP contribution in [-0.2, 0) is 11.2 Å². The van der Waals surface area contributed by atoms with Gasteiger partial charge in [-0.25, -0.2) is 4.79 Å². The van der Waals surface area contributed by atoms with Crippen LogP contribution in [0.4, 0.5) is 0 Å². The summed E-state index contributed by atoms with van der Waals surface area (Å²) in [4.78, 5) is 30.0. The topological polar surface area (TPSA) is 56.3 Å². The van der Waals surface area contributed by atoms with Gasteiger partial charge in [-0.05, 0) is 110 Å². The lowest BCUT2D eigenvalue weighted by Crippen LogP contribution is -2.42. The first kappa shape index (κ1) is 22.2. The van der Waals surface area contributed by atoms with Gasteiger partial charge >= 0.3 is 5.97 Å². The fourth-order valence-electron chi connectivity index (χ4n) is 7.11. The van der Waals surface area contributed by atoms with Crippen LogP contribution in [0, 0.1) is 24.2 Å². The number of pyridine rings is 1. The number of aryl methyl sites for hydroxylation is 2. The van der Waals surface area contributed by atoms with Crippen molar-refractivity contribution >= 4 is 11.8 Å². The van der Waals surface area contributed by atoms with Crippen LogP contribution in [0.25, 0.3) is 11.3 Å². The molecule has 2 aromatic carbocycles. The summed E-state index contributed by atoms with van der Waals surface area (Å²) in [6.45, 7) is 4.23. The predicted molar refractivity (Wildman–Crippen MR) is 135 cm³/mol. The van der Waals surface area contributed by atoms with Gasteiger partial charge in [0, 0.05) is 23.6 Å². The zero-order valence-corrected chi connectivity index (χ0v) is 20.4. The molecule has 0 N–H and O–H groups in total. The van der Waals surface area contributed by atoms with E-state index in [0.29, 0.717) is 34.8 Å². The average Bonchev–Trinajstić information content (AvgIpc) is 3.18. The van der Waals surface area contributed by atoms with Gasteiger partial charge in [0.15, 0.2) is 0 Å². The number of Topliss-reactive ketones (excluding diaryl/α,β-unsaturated/α-hetero) is 1. The first-order valence-corrected chi connectivity index (χ1v) is 12.8. The third kappa shape index (κ3) is 3.71. The Morgan fingerprint density at radius 1 is 1.03 bits per heavy atom. The molecule has 4 nitrogen and oxygen atoms in total. The predicted octanol–water partition coefficient (Wildman–Crippen LogP) is 6.70. The quantitative estimate of drug-likeness (QED) is 0.319. The summed E-state index contributed by atoms with van der Waals surface area (Å²) in [6.07, 6.45) is 7.75. The Morgan fingerprint density at radius 2 is 1.91 bits per heavy atom. The molecule has 178 valence electrons. The van der Waals surface area contributed by atoms with Crippen LogP contribution in [0.1, 0.15) is 72.0 Å². The van der Waals surface area contributed by atoms with E-state index in [9.17, 15) is 9.59 Å². The van der Waals surface area contributed by atoms with E-state index >= 15 is 0 Å². The van der Waals surface area contributed by atoms with E-state index in [2.05, 4.69) is 24.0 Å². The van der Waals surface area contributed by atoms with Crippen molar-refractivity contribution in [3.8, 4) is 17.0 Å². The minimum Gasteiger partial charge on any atom is -0.423 e. The maximum Gasteiger partial charge on any atom is 0.343 e. The summed E-state index contributed by atoms with van der Waals surface area (Å²) in [6, 6.07) is 17.6. The highest BCUT2D eigenvalue weighted by atomic mass is 16.5. The maximum atomic E-state index is 13.0. The molecular weight excluding hydrogens is 434 g/mol. The van der Waals surface area contributed by atoms with Crippen molar-refractivity contribution < 1.29 is 14.3 Å². The Hall–Kier alpha value is -3.27. The number of aromatic nitrogens is 1. The van der Waals surface area contributed by atoms with E-state index < -0.39 is 0 Å². The smallest absolute Gasteiger partial charge is 0.343 e. The summed E-state index contributed by atoms with van der Waals surface area (Å²) < 4.78 is 5.83. The molecule has 2 saturated carbocycles. The number of carbonyl (C=O) groups is 2. The molecule has 1 aromatic heterocycles. The van der Waals surface area contributed by atoms with Gasteiger partial charge < -0.3 is 4.74 Å². The number of carbonyl (C=O) groups excluding carboxylic acids is 2. The van der Waals surface area contributed by atoms with Gasteiger partial charge in [0.25, 0.3) is 0 Å². The second kappa shape index (κ2) is 8.44. The summed E-state index contributed by atoms with van der Waals surface area (Å²) in [5.74, 6) is 2.37. The Balaban J connectivity index is 1.22. The van der Waals surface area contributed by atoms with Crippen LogP contribution in [0.5, 0.6) is 5.75 Å². The Bertz CT molecular complexity index is 1310. The molecule has 0 bridgehead atoms. The number of benzene rings is 2. The normalized spacial score (nSPS) is 27.0. The molecule has 0 spiro atoms. The fourth-order valence-corrected chi connectivity index (χ4v) is 7.11. The van der Waals surface area contributed by atoms with Gasteiger partial charge in [0.1, 0.15) is 11.5 Å². The summed E-state index contributed by atoms with van der Waals surface area (Å²) in [5.41, 5.74) is 5.96. The highest BCUT2D eigenvalue weighted by Crippen LogP contribution is 2.59. The van der Waals surface area contributed by atoms with Crippen molar-refractivity contribution in [1.82, 2.24) is 4.98 Å². The highest BCUT2D eigenvalue weighted by Gasteiger charge is 2.54. The van der Waals surface area contributed by atoms with Gasteiger partial charge in [0.05, 0.1) is 11.3 Å². The van der Waals surface area contributed by atoms with Crippen molar-refractivity contribution in [1.29, 1.82) is 0 Å². The Kier molecular flexibility index (Phi) is 5.36. The number of fused-ring (bicyclic) bond motifs is 5. The van der Waals surface area contributed by atoms with Crippen LogP contribution in [0.15, 0.2) is 60.8 Å². The minimum atomic E-state index is -0.353. The van der Waals surface area contributed by atoms with Gasteiger partial charge in [-0.3, -0.25) is 9.78 Å². The monoisotopic (exact) mass is 465 g/mol. The number of hydrogen-bond donors (Lipinski definition) is 0. The first-order chi connectivity index (χ1) is 16.9. The number of ketones is 1. The molecule has 3 aliphatic carbocycles. The number of ether oxygens (including phenoxy) is 1. The summed E-state index contributed by atoms with van der Waals surface area (Å²) >= 11 is 0. The van der Waals surface area contributed by atoms with E-state index in [4.69, 9.17) is 4.74 Å². The number of hydrogen-bond acceptors (Lipinski definition) is 4. The minimum absolute atomic E-state index is 0.101. The van der Waals surface area contributed by atoms with Crippen LogP contribution < -0.4 is 4.74 Å². The zero-order valence-electron chi connectivity index (χ0n) is 20.4. The largest absolute Gasteiger partial charge is 0.423 e. The lowest BCUT2D eigenvalue weighted by molar-refractivity contribution is -0.129. The molecule has 1 heterocycles. The molecule has 0 saturated heterocycles. The van der Waals surface area contributed by atoms with Crippen LogP contribution in [-0.4, -0.2) is 16.7 Å². The average molecular weight is 466 g/mol. The fraction of sp³-hybridized carbons (Fsp3) is 0.387. The molecule has 35 heavy (non-hydrogen) atoms. The molecule has 4 atom stereocenters. The molecule has 3 aliphatic rings. The van der Waals surface area contributed by atoms with Crippen LogP contribution in [0.2, 0.25) is 0 Å². The van der Waals surface area contributed by atoms with E-state index in [1.54, 1.807) is 6.20 Å². The van der Waals surface area contributed by atoms with E-state index in [0.717, 1.165) is 55.3 Å². The van der Waals surface area contributed by atoms with Crippen molar-refractivity contribution in [2.75, 3.05) is 0 Å². The number of rotatable bonds is 3. The molecule has 0 aliphatic heterocycles. The molecule has 4 unspecified atom stereocenters. The standard InChI is InChI=1S/C31H31NO3/c1-19-6-7-21(18-26(19)28-5-3-4-16-32-28)30(34)35-22-9-11-23-20(17-22)8-10-25-24(23)14-15-31(2)27(25)12-13-29(31)33/h3-7,9,11,16-18,24-25,27H,8,10,12-15H2,1-2H3. The first-order valence-electron chi connectivity index (χ1n) is 12.8. The van der Waals surface area contributed by atoms with Crippen molar-refractivity contribution in [3.05, 3.63) is 83.0 Å². The third-order valence-corrected chi connectivity index (χ3v) is 9.03. The lowest BCUT2D eigenvalue weighted by Gasteiger charge is -2.48.